The van der Waals surface area contributed by atoms with Gasteiger partial charge < -0.3 is 14.2 Å². The first-order valence-electron chi connectivity index (χ1n) is 8.93. The van der Waals surface area contributed by atoms with Crippen LogP contribution in [0.1, 0.15) is 51.0 Å². The molecule has 1 unspecified atom stereocenters. The monoisotopic (exact) mass is 344 g/mol. The van der Waals surface area contributed by atoms with Gasteiger partial charge in [-0.2, -0.15) is 0 Å². The molecule has 4 nitrogen and oxygen atoms in total. The van der Waals surface area contributed by atoms with E-state index >= 15 is 0 Å². The Kier molecular flexibility index (Phi) is 7.74. The van der Waals surface area contributed by atoms with Gasteiger partial charge in [0, 0.05) is 5.57 Å². The SMILES string of the molecule is C=C(CC=Cc1ccc(OC)cc1)C(=O)OC(C)OC1CCCCC1. The summed E-state index contributed by atoms with van der Waals surface area (Å²) >= 11 is 0. The highest BCUT2D eigenvalue weighted by Gasteiger charge is 2.19. The summed E-state index contributed by atoms with van der Waals surface area (Å²) in [7, 11) is 1.64. The third kappa shape index (κ3) is 6.75. The van der Waals surface area contributed by atoms with E-state index in [2.05, 4.69) is 6.58 Å². The second kappa shape index (κ2) is 10.0. The Morgan fingerprint density at radius 1 is 1.24 bits per heavy atom. The van der Waals surface area contributed by atoms with Gasteiger partial charge in [0.1, 0.15) is 5.75 Å². The van der Waals surface area contributed by atoms with Crippen molar-refractivity contribution in [2.75, 3.05) is 7.11 Å². The molecule has 4 heteroatoms. The number of ether oxygens (including phenoxy) is 3. The van der Waals surface area contributed by atoms with Crippen molar-refractivity contribution in [2.24, 2.45) is 0 Å². The molecule has 1 aromatic carbocycles. The number of benzene rings is 1. The van der Waals surface area contributed by atoms with Crippen LogP contribution in [0.15, 0.2) is 42.5 Å². The van der Waals surface area contributed by atoms with Crippen LogP contribution in [0.3, 0.4) is 0 Å². The predicted molar refractivity (Wildman–Crippen MR) is 99.3 cm³/mol. The van der Waals surface area contributed by atoms with E-state index in [1.165, 1.54) is 19.3 Å². The van der Waals surface area contributed by atoms with Crippen molar-refractivity contribution in [2.45, 2.75) is 57.8 Å². The first kappa shape index (κ1) is 19.3. The molecule has 0 bridgehead atoms. The number of hydrogen-bond acceptors (Lipinski definition) is 4. The molecular formula is C21H28O4. The number of esters is 1. The van der Waals surface area contributed by atoms with Crippen molar-refractivity contribution in [3.05, 3.63) is 48.1 Å². The van der Waals surface area contributed by atoms with Gasteiger partial charge in [-0.15, -0.1) is 0 Å². The molecule has 2 rings (SSSR count). The number of carbonyl (C=O) groups excluding carboxylic acids is 1. The van der Waals surface area contributed by atoms with Gasteiger partial charge in [-0.25, -0.2) is 4.79 Å². The van der Waals surface area contributed by atoms with Crippen molar-refractivity contribution >= 4 is 12.0 Å². The van der Waals surface area contributed by atoms with Crippen LogP contribution >= 0.6 is 0 Å². The van der Waals surface area contributed by atoms with Gasteiger partial charge in [0.05, 0.1) is 13.2 Å². The largest absolute Gasteiger partial charge is 0.497 e. The quantitative estimate of drug-likeness (QED) is 0.382. The van der Waals surface area contributed by atoms with Gasteiger partial charge in [-0.05, 0) is 43.9 Å². The van der Waals surface area contributed by atoms with Crippen molar-refractivity contribution < 1.29 is 19.0 Å². The van der Waals surface area contributed by atoms with Crippen LogP contribution in [0.25, 0.3) is 6.08 Å². The van der Waals surface area contributed by atoms with Crippen LogP contribution in [-0.4, -0.2) is 25.5 Å². The maximum Gasteiger partial charge on any atom is 0.336 e. The van der Waals surface area contributed by atoms with Gasteiger partial charge in [0.15, 0.2) is 0 Å². The molecule has 1 aliphatic rings. The molecule has 1 atom stereocenters. The lowest BCUT2D eigenvalue weighted by Crippen LogP contribution is -2.26. The average molecular weight is 344 g/mol. The van der Waals surface area contributed by atoms with Crippen molar-refractivity contribution in [1.82, 2.24) is 0 Å². The van der Waals surface area contributed by atoms with Crippen LogP contribution in [0, 0.1) is 0 Å². The van der Waals surface area contributed by atoms with Crippen LogP contribution in [-0.2, 0) is 14.3 Å². The van der Waals surface area contributed by atoms with E-state index in [0.29, 0.717) is 12.0 Å². The molecule has 0 amide bonds. The summed E-state index contributed by atoms with van der Waals surface area (Å²) in [6, 6.07) is 7.70. The maximum absolute atomic E-state index is 12.1. The Balaban J connectivity index is 1.73. The molecular weight excluding hydrogens is 316 g/mol. The first-order valence-corrected chi connectivity index (χ1v) is 8.93. The molecule has 0 radical (unpaired) electrons. The van der Waals surface area contributed by atoms with Gasteiger partial charge in [-0.1, -0.05) is 50.1 Å². The van der Waals surface area contributed by atoms with E-state index in [9.17, 15) is 4.79 Å². The highest BCUT2D eigenvalue weighted by atomic mass is 16.7. The van der Waals surface area contributed by atoms with Gasteiger partial charge in [0.25, 0.3) is 0 Å². The summed E-state index contributed by atoms with van der Waals surface area (Å²) in [6.45, 7) is 5.58. The minimum atomic E-state index is -0.530. The Bertz CT molecular complexity index is 582. The Labute approximate surface area is 150 Å². The van der Waals surface area contributed by atoms with E-state index in [1.807, 2.05) is 36.4 Å². The van der Waals surface area contributed by atoms with Crippen LogP contribution < -0.4 is 4.74 Å². The molecule has 0 heterocycles. The van der Waals surface area contributed by atoms with E-state index in [-0.39, 0.29) is 6.10 Å². The number of hydrogen-bond donors (Lipinski definition) is 0. The molecule has 0 saturated heterocycles. The highest BCUT2D eigenvalue weighted by molar-refractivity contribution is 5.88. The molecule has 1 aliphatic carbocycles. The van der Waals surface area contributed by atoms with E-state index in [0.717, 1.165) is 24.2 Å². The minimum Gasteiger partial charge on any atom is -0.497 e. The summed E-state index contributed by atoms with van der Waals surface area (Å²) in [5.41, 5.74) is 1.46. The summed E-state index contributed by atoms with van der Waals surface area (Å²) in [5.74, 6) is 0.416. The predicted octanol–water partition coefficient (Wildman–Crippen LogP) is 4.89. The molecule has 1 aromatic rings. The molecule has 0 N–H and O–H groups in total. The van der Waals surface area contributed by atoms with E-state index in [4.69, 9.17) is 14.2 Å². The fourth-order valence-corrected chi connectivity index (χ4v) is 2.87. The summed E-state index contributed by atoms with van der Waals surface area (Å²) in [5, 5.41) is 0. The minimum absolute atomic E-state index is 0.208. The van der Waals surface area contributed by atoms with Crippen molar-refractivity contribution in [3.8, 4) is 5.75 Å². The Morgan fingerprint density at radius 3 is 2.56 bits per heavy atom. The molecule has 136 valence electrons. The second-order valence-electron chi connectivity index (χ2n) is 6.35. The lowest BCUT2D eigenvalue weighted by Gasteiger charge is -2.25. The molecule has 25 heavy (non-hydrogen) atoms. The molecule has 1 saturated carbocycles. The normalized spacial score (nSPS) is 16.6. The molecule has 1 fully saturated rings. The van der Waals surface area contributed by atoms with Crippen molar-refractivity contribution in [3.63, 3.8) is 0 Å². The smallest absolute Gasteiger partial charge is 0.336 e. The zero-order valence-electron chi connectivity index (χ0n) is 15.2. The van der Waals surface area contributed by atoms with E-state index < -0.39 is 12.3 Å². The van der Waals surface area contributed by atoms with Gasteiger partial charge >= 0.3 is 5.97 Å². The number of methoxy groups -OCH3 is 1. The zero-order valence-corrected chi connectivity index (χ0v) is 15.2. The Hall–Kier alpha value is -2.07. The third-order valence-electron chi connectivity index (χ3n) is 4.29. The average Bonchev–Trinajstić information content (AvgIpc) is 2.63. The molecule has 0 aromatic heterocycles. The van der Waals surface area contributed by atoms with Crippen LogP contribution in [0.5, 0.6) is 5.75 Å². The van der Waals surface area contributed by atoms with Crippen LogP contribution in [0.4, 0.5) is 0 Å². The topological polar surface area (TPSA) is 44.8 Å². The van der Waals surface area contributed by atoms with E-state index in [1.54, 1.807) is 14.0 Å². The molecule has 0 spiro atoms. The van der Waals surface area contributed by atoms with Gasteiger partial charge in [-0.3, -0.25) is 0 Å². The number of carbonyl (C=O) groups is 1. The van der Waals surface area contributed by atoms with Gasteiger partial charge in [0.2, 0.25) is 6.29 Å². The fraction of sp³-hybridized carbons (Fsp3) is 0.476. The third-order valence-corrected chi connectivity index (χ3v) is 4.29. The maximum atomic E-state index is 12.1. The lowest BCUT2D eigenvalue weighted by molar-refractivity contribution is -0.183. The zero-order chi connectivity index (χ0) is 18.1. The highest BCUT2D eigenvalue weighted by Crippen LogP contribution is 2.22. The fourth-order valence-electron chi connectivity index (χ4n) is 2.87. The first-order chi connectivity index (χ1) is 12.1. The molecule has 0 aliphatic heterocycles. The lowest BCUT2D eigenvalue weighted by atomic mass is 9.98. The number of rotatable bonds is 8. The summed E-state index contributed by atoms with van der Waals surface area (Å²) < 4.78 is 16.3. The van der Waals surface area contributed by atoms with Crippen LogP contribution in [0.2, 0.25) is 0 Å². The standard InChI is InChI=1S/C21H28O4/c1-16(8-7-9-18-12-14-19(23-3)15-13-18)21(22)25-17(2)24-20-10-5-4-6-11-20/h7,9,12-15,17,20H,1,4-6,8,10-11H2,2-3H3. The van der Waals surface area contributed by atoms with Crippen molar-refractivity contribution in [1.29, 1.82) is 0 Å². The summed E-state index contributed by atoms with van der Waals surface area (Å²) in [4.78, 5) is 12.1. The number of allylic oxidation sites excluding steroid dienone is 1. The second-order valence-corrected chi connectivity index (χ2v) is 6.35. The summed E-state index contributed by atoms with van der Waals surface area (Å²) in [6.07, 6.45) is 9.71. The Morgan fingerprint density at radius 2 is 1.92 bits per heavy atom.